The fraction of sp³-hybridized carbons (Fsp3) is 0.154. The van der Waals surface area contributed by atoms with Crippen LogP contribution in [-0.2, 0) is 6.42 Å². The van der Waals surface area contributed by atoms with Gasteiger partial charge in [-0.1, -0.05) is 29.4 Å². The van der Waals surface area contributed by atoms with Crippen LogP contribution in [0.4, 0.5) is 0 Å². The summed E-state index contributed by atoms with van der Waals surface area (Å²) in [6, 6.07) is 11.8. The van der Waals surface area contributed by atoms with Gasteiger partial charge in [0.15, 0.2) is 0 Å². The van der Waals surface area contributed by atoms with Crippen molar-refractivity contribution in [3.05, 3.63) is 53.2 Å². The zero-order valence-corrected chi connectivity index (χ0v) is 10.8. The van der Waals surface area contributed by atoms with E-state index in [1.165, 1.54) is 5.56 Å². The fourth-order valence-corrected chi connectivity index (χ4v) is 2.29. The van der Waals surface area contributed by atoms with Crippen molar-refractivity contribution in [2.45, 2.75) is 16.3 Å². The van der Waals surface area contributed by atoms with Crippen molar-refractivity contribution >= 4 is 23.4 Å². The van der Waals surface area contributed by atoms with Gasteiger partial charge in [-0.2, -0.15) is 0 Å². The molecule has 0 saturated carbocycles. The summed E-state index contributed by atoms with van der Waals surface area (Å²) >= 11 is 7.46. The summed E-state index contributed by atoms with van der Waals surface area (Å²) in [6.45, 7) is 0.658. The van der Waals surface area contributed by atoms with Crippen molar-refractivity contribution in [3.8, 4) is 0 Å². The minimum Gasteiger partial charge on any atom is -0.330 e. The first-order valence-electron chi connectivity index (χ1n) is 5.36. The van der Waals surface area contributed by atoms with E-state index in [1.807, 2.05) is 36.5 Å². The van der Waals surface area contributed by atoms with Crippen LogP contribution >= 0.6 is 23.4 Å². The minimum absolute atomic E-state index is 0.658. The maximum Gasteiger partial charge on any atom is 0.101 e. The van der Waals surface area contributed by atoms with Gasteiger partial charge in [-0.25, -0.2) is 4.98 Å². The van der Waals surface area contributed by atoms with Crippen LogP contribution in [0.3, 0.4) is 0 Å². The van der Waals surface area contributed by atoms with Crippen molar-refractivity contribution in [2.75, 3.05) is 6.54 Å². The Balaban J connectivity index is 2.05. The number of hydrogen-bond acceptors (Lipinski definition) is 3. The molecule has 2 rings (SSSR count). The predicted octanol–water partition coefficient (Wildman–Crippen LogP) is 3.39. The Hall–Kier alpha value is -1.03. The zero-order valence-electron chi connectivity index (χ0n) is 9.27. The number of pyridine rings is 1. The summed E-state index contributed by atoms with van der Waals surface area (Å²) in [6.07, 6.45) is 2.75. The Morgan fingerprint density at radius 2 is 1.88 bits per heavy atom. The number of rotatable bonds is 4. The molecule has 0 spiro atoms. The average Bonchev–Trinajstić information content (AvgIpc) is 2.35. The molecule has 2 aromatic rings. The molecule has 0 saturated heterocycles. The number of hydrogen-bond donors (Lipinski definition) is 1. The zero-order chi connectivity index (χ0) is 12.1. The molecule has 0 aliphatic rings. The highest BCUT2D eigenvalue weighted by molar-refractivity contribution is 7.99. The second-order valence-electron chi connectivity index (χ2n) is 3.60. The lowest BCUT2D eigenvalue weighted by Crippen LogP contribution is -2.02. The molecule has 0 radical (unpaired) electrons. The van der Waals surface area contributed by atoms with Gasteiger partial charge >= 0.3 is 0 Å². The van der Waals surface area contributed by atoms with Crippen molar-refractivity contribution in [1.82, 2.24) is 4.98 Å². The Kier molecular flexibility index (Phi) is 4.42. The first-order valence-corrected chi connectivity index (χ1v) is 6.56. The van der Waals surface area contributed by atoms with Crippen LogP contribution in [0, 0.1) is 0 Å². The molecule has 4 heteroatoms. The van der Waals surface area contributed by atoms with Gasteiger partial charge in [0.25, 0.3) is 0 Å². The molecular formula is C13H13ClN2S. The van der Waals surface area contributed by atoms with Gasteiger partial charge in [-0.05, 0) is 48.9 Å². The number of halogens is 1. The van der Waals surface area contributed by atoms with Gasteiger partial charge in [0, 0.05) is 16.1 Å². The molecule has 0 atom stereocenters. The van der Waals surface area contributed by atoms with E-state index in [-0.39, 0.29) is 0 Å². The lowest BCUT2D eigenvalue weighted by molar-refractivity contribution is 0.945. The van der Waals surface area contributed by atoms with E-state index < -0.39 is 0 Å². The molecule has 88 valence electrons. The Morgan fingerprint density at radius 3 is 2.47 bits per heavy atom. The van der Waals surface area contributed by atoms with Crippen LogP contribution in [-0.4, -0.2) is 11.5 Å². The lowest BCUT2D eigenvalue weighted by Gasteiger charge is -2.02. The molecular weight excluding hydrogens is 252 g/mol. The molecule has 1 aromatic carbocycles. The SMILES string of the molecule is NCCc1ccc(Sc2ccc(Cl)cc2)nc1. The van der Waals surface area contributed by atoms with E-state index in [0.717, 1.165) is 21.4 Å². The van der Waals surface area contributed by atoms with Crippen molar-refractivity contribution in [1.29, 1.82) is 0 Å². The molecule has 1 aromatic heterocycles. The van der Waals surface area contributed by atoms with E-state index in [9.17, 15) is 0 Å². The Morgan fingerprint density at radius 1 is 1.12 bits per heavy atom. The van der Waals surface area contributed by atoms with Gasteiger partial charge in [0.2, 0.25) is 0 Å². The van der Waals surface area contributed by atoms with E-state index in [0.29, 0.717) is 6.54 Å². The third-order valence-corrected chi connectivity index (χ3v) is 3.48. The third kappa shape index (κ3) is 3.73. The first kappa shape index (κ1) is 12.4. The lowest BCUT2D eigenvalue weighted by atomic mass is 10.2. The highest BCUT2D eigenvalue weighted by Gasteiger charge is 1.99. The quantitative estimate of drug-likeness (QED) is 0.920. The first-order chi connectivity index (χ1) is 8.28. The summed E-state index contributed by atoms with van der Waals surface area (Å²) in [5.74, 6) is 0. The van der Waals surface area contributed by atoms with Gasteiger partial charge in [0.1, 0.15) is 5.03 Å². The summed E-state index contributed by atoms with van der Waals surface area (Å²) in [5.41, 5.74) is 6.66. The fourth-order valence-electron chi connectivity index (χ4n) is 1.41. The molecule has 17 heavy (non-hydrogen) atoms. The van der Waals surface area contributed by atoms with Crippen molar-refractivity contribution < 1.29 is 0 Å². The van der Waals surface area contributed by atoms with Gasteiger partial charge in [0.05, 0.1) is 0 Å². The highest BCUT2D eigenvalue weighted by Crippen LogP contribution is 2.26. The van der Waals surface area contributed by atoms with Crippen molar-refractivity contribution in [3.63, 3.8) is 0 Å². The van der Waals surface area contributed by atoms with E-state index >= 15 is 0 Å². The van der Waals surface area contributed by atoms with Gasteiger partial charge in [-0.15, -0.1) is 0 Å². The van der Waals surface area contributed by atoms with Crippen molar-refractivity contribution in [2.24, 2.45) is 5.73 Å². The highest BCUT2D eigenvalue weighted by atomic mass is 35.5. The normalized spacial score (nSPS) is 10.5. The molecule has 0 aliphatic carbocycles. The van der Waals surface area contributed by atoms with E-state index in [2.05, 4.69) is 11.1 Å². The van der Waals surface area contributed by atoms with Crippen LogP contribution < -0.4 is 5.73 Å². The third-order valence-electron chi connectivity index (χ3n) is 2.27. The number of aromatic nitrogens is 1. The number of nitrogens with two attached hydrogens (primary N) is 1. The second-order valence-corrected chi connectivity index (χ2v) is 5.13. The Labute approximate surface area is 110 Å². The van der Waals surface area contributed by atoms with Gasteiger partial charge < -0.3 is 5.73 Å². The molecule has 2 N–H and O–H groups in total. The van der Waals surface area contributed by atoms with Crippen LogP contribution in [0.5, 0.6) is 0 Å². The molecule has 0 amide bonds. The number of benzene rings is 1. The molecule has 2 nitrogen and oxygen atoms in total. The molecule has 0 bridgehead atoms. The monoisotopic (exact) mass is 264 g/mol. The topological polar surface area (TPSA) is 38.9 Å². The largest absolute Gasteiger partial charge is 0.330 e. The van der Waals surface area contributed by atoms with Crippen LogP contribution in [0.15, 0.2) is 52.5 Å². The van der Waals surface area contributed by atoms with Crippen LogP contribution in [0.1, 0.15) is 5.56 Å². The molecule has 1 heterocycles. The molecule has 0 unspecified atom stereocenters. The standard InChI is InChI=1S/C13H13ClN2S/c14-11-2-4-12(5-3-11)17-13-6-1-10(7-8-15)9-16-13/h1-6,9H,7-8,15H2. The van der Waals surface area contributed by atoms with E-state index in [4.69, 9.17) is 17.3 Å². The molecule has 0 fully saturated rings. The molecule has 0 aliphatic heterocycles. The predicted molar refractivity (Wildman–Crippen MR) is 72.6 cm³/mol. The smallest absolute Gasteiger partial charge is 0.101 e. The Bertz CT molecular complexity index is 468. The summed E-state index contributed by atoms with van der Waals surface area (Å²) < 4.78 is 0. The van der Waals surface area contributed by atoms with Gasteiger partial charge in [-0.3, -0.25) is 0 Å². The second kappa shape index (κ2) is 6.05. The summed E-state index contributed by atoms with van der Waals surface area (Å²) in [4.78, 5) is 5.52. The number of nitrogens with zero attached hydrogens (tertiary/aromatic N) is 1. The van der Waals surface area contributed by atoms with Crippen LogP contribution in [0.25, 0.3) is 0 Å². The average molecular weight is 265 g/mol. The maximum absolute atomic E-state index is 5.83. The van der Waals surface area contributed by atoms with Crippen LogP contribution in [0.2, 0.25) is 5.02 Å². The minimum atomic E-state index is 0.658. The maximum atomic E-state index is 5.83. The summed E-state index contributed by atoms with van der Waals surface area (Å²) in [7, 11) is 0. The summed E-state index contributed by atoms with van der Waals surface area (Å²) in [5, 5.41) is 1.73. The van der Waals surface area contributed by atoms with E-state index in [1.54, 1.807) is 11.8 Å².